The molecule has 4 aromatic rings. The average Bonchev–Trinajstić information content (AvgIpc) is 3.34. The van der Waals surface area contributed by atoms with Gasteiger partial charge < -0.3 is 14.9 Å². The largest absolute Gasteiger partial charge is 0.506 e. The van der Waals surface area contributed by atoms with Gasteiger partial charge in [-0.1, -0.05) is 40.5 Å². The minimum absolute atomic E-state index is 0.0199. The second-order valence-electron chi connectivity index (χ2n) is 8.42. The van der Waals surface area contributed by atoms with Crippen LogP contribution in [-0.4, -0.2) is 36.7 Å². The van der Waals surface area contributed by atoms with Crippen LogP contribution >= 0.6 is 23.2 Å². The lowest BCUT2D eigenvalue weighted by Gasteiger charge is -2.07. The van der Waals surface area contributed by atoms with Crippen molar-refractivity contribution in [2.24, 2.45) is 5.10 Å². The summed E-state index contributed by atoms with van der Waals surface area (Å²) in [6.45, 7) is 1.64. The normalized spacial score (nSPS) is 11.6. The maximum Gasteiger partial charge on any atom is 0.271 e. The van der Waals surface area contributed by atoms with Gasteiger partial charge in [0.15, 0.2) is 5.82 Å². The molecule has 0 saturated heterocycles. The fourth-order valence-electron chi connectivity index (χ4n) is 3.34. The number of halogens is 2. The second kappa shape index (κ2) is 12.7. The number of phenolic OH excluding ortho intramolecular Hbond substituents is 1. The van der Waals surface area contributed by atoms with Crippen molar-refractivity contribution in [2.75, 3.05) is 10.0 Å². The first-order valence-electron chi connectivity index (χ1n) is 11.7. The summed E-state index contributed by atoms with van der Waals surface area (Å²) in [5.41, 5.74) is 3.91. The molecule has 0 spiro atoms. The van der Waals surface area contributed by atoms with Crippen LogP contribution in [0.3, 0.4) is 0 Å². The standard InChI is InChI=1S/C27H21Cl2N5O6S/c1-16-12-24(33-40-16)34-41(38,39)22-9-7-21(8-10-22)31-25(35)11-4-17-2-5-18(6-3-17)27(37)32-30-15-19-13-20(28)14-23(29)26(19)36/h2-15,36H,1H3,(H,31,35)(H,32,37)(H,33,34)/b11-4+,30-15+. The average molecular weight is 614 g/mol. The lowest BCUT2D eigenvalue weighted by Crippen LogP contribution is -2.17. The van der Waals surface area contributed by atoms with Gasteiger partial charge in [0.1, 0.15) is 11.5 Å². The molecule has 4 rings (SSSR count). The third-order valence-electron chi connectivity index (χ3n) is 5.33. The van der Waals surface area contributed by atoms with E-state index < -0.39 is 21.8 Å². The Morgan fingerprint density at radius 2 is 1.73 bits per heavy atom. The molecule has 0 aliphatic rings. The highest BCUT2D eigenvalue weighted by atomic mass is 35.5. The van der Waals surface area contributed by atoms with E-state index in [4.69, 9.17) is 27.7 Å². The van der Waals surface area contributed by atoms with Gasteiger partial charge in [-0.05, 0) is 67.1 Å². The first-order valence-corrected chi connectivity index (χ1v) is 13.9. The van der Waals surface area contributed by atoms with Gasteiger partial charge in [-0.25, -0.2) is 13.8 Å². The Balaban J connectivity index is 1.30. The third-order valence-corrected chi connectivity index (χ3v) is 7.20. The summed E-state index contributed by atoms with van der Waals surface area (Å²) in [4.78, 5) is 24.6. The number of aryl methyl sites for hydroxylation is 1. The molecule has 0 fully saturated rings. The van der Waals surface area contributed by atoms with E-state index >= 15 is 0 Å². The lowest BCUT2D eigenvalue weighted by atomic mass is 10.1. The number of carbonyl (C=O) groups excluding carboxylic acids is 2. The number of hydrogen-bond donors (Lipinski definition) is 4. The number of aromatic hydroxyl groups is 1. The van der Waals surface area contributed by atoms with Crippen molar-refractivity contribution < 1.29 is 27.6 Å². The molecule has 0 unspecified atom stereocenters. The van der Waals surface area contributed by atoms with Crippen molar-refractivity contribution in [3.8, 4) is 5.75 Å². The molecule has 2 amide bonds. The summed E-state index contributed by atoms with van der Waals surface area (Å²) < 4.78 is 32.1. The molecule has 0 radical (unpaired) electrons. The predicted octanol–water partition coefficient (Wildman–Crippen LogP) is 5.21. The van der Waals surface area contributed by atoms with Crippen LogP contribution in [0.5, 0.6) is 5.75 Å². The van der Waals surface area contributed by atoms with Crippen molar-refractivity contribution in [3.05, 3.63) is 105 Å². The number of benzene rings is 3. The fraction of sp³-hybridized carbons (Fsp3) is 0.0370. The molecular weight excluding hydrogens is 593 g/mol. The Hall–Kier alpha value is -4.65. The van der Waals surface area contributed by atoms with Gasteiger partial charge >= 0.3 is 0 Å². The zero-order chi connectivity index (χ0) is 29.6. The molecule has 11 nitrogen and oxygen atoms in total. The van der Waals surface area contributed by atoms with Crippen LogP contribution in [0.15, 0.2) is 87.3 Å². The van der Waals surface area contributed by atoms with Crippen molar-refractivity contribution in [3.63, 3.8) is 0 Å². The summed E-state index contributed by atoms with van der Waals surface area (Å²) in [5.74, 6) is -0.644. The van der Waals surface area contributed by atoms with E-state index in [1.54, 1.807) is 37.3 Å². The number of phenols is 1. The van der Waals surface area contributed by atoms with Crippen LogP contribution in [0.1, 0.15) is 27.2 Å². The maximum atomic E-state index is 12.5. The molecule has 1 aromatic heterocycles. The number of aromatic nitrogens is 1. The van der Waals surface area contributed by atoms with Crippen molar-refractivity contribution >= 4 is 68.8 Å². The van der Waals surface area contributed by atoms with Gasteiger partial charge in [-0.2, -0.15) is 5.10 Å². The quantitative estimate of drug-likeness (QED) is 0.114. The Morgan fingerprint density at radius 3 is 2.39 bits per heavy atom. The molecule has 41 heavy (non-hydrogen) atoms. The molecular formula is C27H21Cl2N5O6S. The lowest BCUT2D eigenvalue weighted by molar-refractivity contribution is -0.111. The molecule has 0 bridgehead atoms. The van der Waals surface area contributed by atoms with Crippen LogP contribution in [0.25, 0.3) is 6.08 Å². The zero-order valence-corrected chi connectivity index (χ0v) is 23.5. The van der Waals surface area contributed by atoms with Gasteiger partial charge in [-0.3, -0.25) is 14.3 Å². The zero-order valence-electron chi connectivity index (χ0n) is 21.1. The summed E-state index contributed by atoms with van der Waals surface area (Å²) in [6, 6.07) is 16.2. The van der Waals surface area contributed by atoms with Gasteiger partial charge in [0.2, 0.25) is 5.91 Å². The molecule has 4 N–H and O–H groups in total. The van der Waals surface area contributed by atoms with Crippen molar-refractivity contribution in [1.82, 2.24) is 10.6 Å². The highest BCUT2D eigenvalue weighted by Crippen LogP contribution is 2.30. The Labute approximate surface area is 244 Å². The highest BCUT2D eigenvalue weighted by molar-refractivity contribution is 7.92. The van der Waals surface area contributed by atoms with Gasteiger partial charge in [0.25, 0.3) is 15.9 Å². The molecule has 1 heterocycles. The summed E-state index contributed by atoms with van der Waals surface area (Å²) in [6.07, 6.45) is 4.05. The minimum Gasteiger partial charge on any atom is -0.506 e. The van der Waals surface area contributed by atoms with Gasteiger partial charge in [0.05, 0.1) is 16.1 Å². The van der Waals surface area contributed by atoms with Crippen LogP contribution in [0.2, 0.25) is 10.0 Å². The first kappa shape index (κ1) is 29.3. The van der Waals surface area contributed by atoms with E-state index in [-0.39, 0.29) is 27.0 Å². The van der Waals surface area contributed by atoms with E-state index in [0.717, 1.165) is 0 Å². The molecule has 210 valence electrons. The van der Waals surface area contributed by atoms with Crippen LogP contribution in [-0.2, 0) is 14.8 Å². The molecule has 0 saturated carbocycles. The number of nitrogens with one attached hydrogen (secondary N) is 3. The molecule has 0 aliphatic carbocycles. The second-order valence-corrected chi connectivity index (χ2v) is 10.9. The van der Waals surface area contributed by atoms with E-state index in [1.807, 2.05) is 0 Å². The monoisotopic (exact) mass is 613 g/mol. The van der Waals surface area contributed by atoms with E-state index in [2.05, 4.69) is 25.7 Å². The Morgan fingerprint density at radius 1 is 1.02 bits per heavy atom. The molecule has 0 atom stereocenters. The number of nitrogens with zero attached hydrogens (tertiary/aromatic N) is 2. The van der Waals surface area contributed by atoms with Gasteiger partial charge in [-0.15, -0.1) is 0 Å². The topological polar surface area (TPSA) is 163 Å². The number of amides is 2. The van der Waals surface area contributed by atoms with Crippen molar-refractivity contribution in [1.29, 1.82) is 0 Å². The molecule has 3 aromatic carbocycles. The van der Waals surface area contributed by atoms with Crippen LogP contribution in [0, 0.1) is 6.92 Å². The number of hydrogen-bond acceptors (Lipinski definition) is 8. The maximum absolute atomic E-state index is 12.5. The van der Waals surface area contributed by atoms with E-state index in [1.165, 1.54) is 54.8 Å². The number of carbonyl (C=O) groups is 2. The summed E-state index contributed by atoms with van der Waals surface area (Å²) in [7, 11) is -3.88. The highest BCUT2D eigenvalue weighted by Gasteiger charge is 2.16. The number of rotatable bonds is 9. The summed E-state index contributed by atoms with van der Waals surface area (Å²) in [5, 5.41) is 20.3. The first-order chi connectivity index (χ1) is 19.5. The van der Waals surface area contributed by atoms with Crippen LogP contribution < -0.4 is 15.5 Å². The van der Waals surface area contributed by atoms with Crippen LogP contribution in [0.4, 0.5) is 11.5 Å². The minimum atomic E-state index is -3.88. The van der Waals surface area contributed by atoms with Gasteiger partial charge in [0, 0.05) is 34.0 Å². The number of hydrazone groups is 1. The smallest absolute Gasteiger partial charge is 0.271 e. The number of sulfonamides is 1. The van der Waals surface area contributed by atoms with E-state index in [0.29, 0.717) is 27.6 Å². The molecule has 0 aliphatic heterocycles. The third kappa shape index (κ3) is 7.94. The Kier molecular flexibility index (Phi) is 9.07. The Bertz CT molecular complexity index is 1750. The van der Waals surface area contributed by atoms with E-state index in [9.17, 15) is 23.1 Å². The number of anilines is 2. The predicted molar refractivity (Wildman–Crippen MR) is 156 cm³/mol. The SMILES string of the molecule is Cc1cc(NS(=O)(=O)c2ccc(NC(=O)/C=C/c3ccc(C(=O)N/N=C/c4cc(Cl)cc(Cl)c4O)cc3)cc2)no1. The molecule has 14 heteroatoms. The van der Waals surface area contributed by atoms with Crippen molar-refractivity contribution in [2.45, 2.75) is 11.8 Å². The summed E-state index contributed by atoms with van der Waals surface area (Å²) >= 11 is 11.8. The fourth-order valence-corrected chi connectivity index (χ4v) is 4.83.